The van der Waals surface area contributed by atoms with Crippen LogP contribution in [0.5, 0.6) is 0 Å². The molecule has 3 N–H and O–H groups in total. The Kier molecular flexibility index (Phi) is 7.73. The van der Waals surface area contributed by atoms with Gasteiger partial charge in [-0.1, -0.05) is 62.4 Å². The maximum Gasteiger partial charge on any atom is 0.407 e. The molecule has 0 bridgehead atoms. The van der Waals surface area contributed by atoms with Crippen molar-refractivity contribution in [2.75, 3.05) is 19.7 Å². The van der Waals surface area contributed by atoms with E-state index >= 15 is 0 Å². The number of alkyl carbamates (subject to hydrolysis) is 1. The number of rotatable bonds is 11. The summed E-state index contributed by atoms with van der Waals surface area (Å²) in [6.45, 7) is 5.10. The van der Waals surface area contributed by atoms with Crippen LogP contribution in [-0.4, -0.2) is 42.8 Å². The zero-order valence-electron chi connectivity index (χ0n) is 20.3. The van der Waals surface area contributed by atoms with Gasteiger partial charge in [-0.25, -0.2) is 4.79 Å². The van der Waals surface area contributed by atoms with Crippen LogP contribution in [0.2, 0.25) is 0 Å². The first-order chi connectivity index (χ1) is 16.8. The Labute approximate surface area is 206 Å². The molecule has 0 heterocycles. The first-order valence-electron chi connectivity index (χ1n) is 12.4. The normalized spacial score (nSPS) is 18.9. The molecule has 2 aliphatic carbocycles. The van der Waals surface area contributed by atoms with Gasteiger partial charge in [-0.05, 0) is 52.8 Å². The molecule has 0 saturated heterocycles. The van der Waals surface area contributed by atoms with Gasteiger partial charge in [0, 0.05) is 31.3 Å². The average molecular weight is 479 g/mol. The lowest BCUT2D eigenvalue weighted by atomic mass is 9.94. The number of carbonyl (C=O) groups is 3. The van der Waals surface area contributed by atoms with Crippen molar-refractivity contribution in [3.8, 4) is 11.1 Å². The number of amides is 2. The summed E-state index contributed by atoms with van der Waals surface area (Å²) in [5.74, 6) is -0.673. The number of benzene rings is 2. The lowest BCUT2D eigenvalue weighted by molar-refractivity contribution is -0.138. The van der Waals surface area contributed by atoms with Crippen LogP contribution in [0.3, 0.4) is 0 Å². The zero-order chi connectivity index (χ0) is 24.9. The van der Waals surface area contributed by atoms with Crippen LogP contribution in [0.1, 0.15) is 50.2 Å². The van der Waals surface area contributed by atoms with E-state index in [0.717, 1.165) is 6.42 Å². The summed E-state index contributed by atoms with van der Waals surface area (Å²) in [4.78, 5) is 35.9. The fraction of sp³-hybridized carbons (Fsp3) is 0.464. The van der Waals surface area contributed by atoms with Crippen molar-refractivity contribution in [2.45, 2.75) is 39.0 Å². The molecule has 1 unspecified atom stereocenters. The first-order valence-corrected chi connectivity index (χ1v) is 12.4. The van der Waals surface area contributed by atoms with E-state index in [2.05, 4.69) is 34.9 Å². The second-order valence-corrected chi connectivity index (χ2v) is 10.1. The number of aliphatic carboxylic acids is 1. The van der Waals surface area contributed by atoms with E-state index < -0.39 is 12.1 Å². The summed E-state index contributed by atoms with van der Waals surface area (Å²) >= 11 is 0. The maximum atomic E-state index is 12.5. The topological polar surface area (TPSA) is 105 Å². The molecule has 0 radical (unpaired) electrons. The molecule has 2 amide bonds. The molecule has 2 aromatic carbocycles. The van der Waals surface area contributed by atoms with E-state index in [1.807, 2.05) is 38.1 Å². The molecule has 0 aromatic heterocycles. The third-order valence-corrected chi connectivity index (χ3v) is 6.94. The predicted molar refractivity (Wildman–Crippen MR) is 133 cm³/mol. The van der Waals surface area contributed by atoms with Crippen molar-refractivity contribution in [2.24, 2.45) is 23.7 Å². The molecular formula is C28H34N2O5. The monoisotopic (exact) mass is 478 g/mol. The molecule has 2 aliphatic rings. The molecule has 186 valence electrons. The van der Waals surface area contributed by atoms with Crippen LogP contribution in [0.15, 0.2) is 48.5 Å². The highest BCUT2D eigenvalue weighted by Gasteiger charge is 2.43. The van der Waals surface area contributed by atoms with Crippen LogP contribution in [-0.2, 0) is 14.3 Å². The average Bonchev–Trinajstić information content (AvgIpc) is 3.54. The largest absolute Gasteiger partial charge is 0.481 e. The van der Waals surface area contributed by atoms with E-state index in [9.17, 15) is 14.4 Å². The zero-order valence-corrected chi connectivity index (χ0v) is 20.3. The minimum absolute atomic E-state index is 0.0113. The van der Waals surface area contributed by atoms with E-state index in [0.29, 0.717) is 25.4 Å². The van der Waals surface area contributed by atoms with Crippen molar-refractivity contribution >= 4 is 18.0 Å². The van der Waals surface area contributed by atoms with Gasteiger partial charge in [-0.3, -0.25) is 9.59 Å². The maximum absolute atomic E-state index is 12.5. The van der Waals surface area contributed by atoms with Gasteiger partial charge in [0.15, 0.2) is 0 Å². The van der Waals surface area contributed by atoms with Gasteiger partial charge < -0.3 is 20.5 Å². The third kappa shape index (κ3) is 6.21. The Morgan fingerprint density at radius 2 is 1.63 bits per heavy atom. The van der Waals surface area contributed by atoms with Crippen LogP contribution in [0.25, 0.3) is 11.1 Å². The number of fused-ring (bicyclic) bond motifs is 3. The van der Waals surface area contributed by atoms with Crippen LogP contribution in [0, 0.1) is 23.7 Å². The summed E-state index contributed by atoms with van der Waals surface area (Å²) in [5, 5.41) is 14.8. The van der Waals surface area contributed by atoms with Crippen molar-refractivity contribution in [1.82, 2.24) is 10.6 Å². The second kappa shape index (κ2) is 10.9. The fourth-order valence-corrected chi connectivity index (χ4v) is 5.19. The van der Waals surface area contributed by atoms with E-state index in [1.165, 1.54) is 22.3 Å². The van der Waals surface area contributed by atoms with Crippen molar-refractivity contribution in [1.29, 1.82) is 0 Å². The van der Waals surface area contributed by atoms with E-state index in [-0.39, 0.29) is 42.6 Å². The highest BCUT2D eigenvalue weighted by molar-refractivity contribution is 5.82. The molecule has 3 atom stereocenters. The summed E-state index contributed by atoms with van der Waals surface area (Å²) in [6.07, 6.45) is 1.04. The number of carbonyl (C=O) groups excluding carboxylic acids is 2. The van der Waals surface area contributed by atoms with Gasteiger partial charge in [0.2, 0.25) is 5.91 Å². The molecule has 4 rings (SSSR count). The Morgan fingerprint density at radius 3 is 2.23 bits per heavy atom. The molecule has 0 aliphatic heterocycles. The van der Waals surface area contributed by atoms with Gasteiger partial charge in [-0.2, -0.15) is 0 Å². The Hall–Kier alpha value is -3.35. The van der Waals surface area contributed by atoms with Gasteiger partial charge in [0.05, 0.1) is 0 Å². The number of ether oxygens (including phenoxy) is 1. The molecule has 35 heavy (non-hydrogen) atoms. The molecule has 7 heteroatoms. The van der Waals surface area contributed by atoms with Crippen molar-refractivity contribution < 1.29 is 24.2 Å². The summed E-state index contributed by atoms with van der Waals surface area (Å²) < 4.78 is 5.56. The van der Waals surface area contributed by atoms with Crippen LogP contribution in [0.4, 0.5) is 4.79 Å². The van der Waals surface area contributed by atoms with Gasteiger partial charge in [0.25, 0.3) is 0 Å². The number of nitrogens with one attached hydrogen (secondary N) is 2. The quantitative estimate of drug-likeness (QED) is 0.444. The molecule has 0 spiro atoms. The number of carboxylic acids is 1. The number of hydrogen-bond acceptors (Lipinski definition) is 4. The molecule has 2 aromatic rings. The van der Waals surface area contributed by atoms with E-state index in [4.69, 9.17) is 9.84 Å². The van der Waals surface area contributed by atoms with E-state index in [1.54, 1.807) is 0 Å². The first kappa shape index (κ1) is 24.8. The van der Waals surface area contributed by atoms with Crippen LogP contribution < -0.4 is 10.6 Å². The minimum Gasteiger partial charge on any atom is -0.481 e. The number of carboxylic acid groups (broad SMARTS) is 1. The summed E-state index contributed by atoms with van der Waals surface area (Å²) in [6, 6.07) is 16.4. The molecule has 1 saturated carbocycles. The highest BCUT2D eigenvalue weighted by atomic mass is 16.5. The third-order valence-electron chi connectivity index (χ3n) is 6.94. The molecule has 1 fully saturated rings. The van der Waals surface area contributed by atoms with Crippen molar-refractivity contribution in [3.63, 3.8) is 0 Å². The SMILES string of the molecule is CC(C)CC(CNC(=O)[C@H]1C[C@H]1CNC(=O)OCC1c2ccccc2-c2ccccc21)CC(=O)O. The fourth-order valence-electron chi connectivity index (χ4n) is 5.19. The summed E-state index contributed by atoms with van der Waals surface area (Å²) in [7, 11) is 0. The standard InChI is InChI=1S/C28H34N2O5/c1-17(2)11-18(12-26(31)32)14-29-27(33)24-13-19(24)15-30-28(34)35-16-25-22-9-5-3-7-20(22)21-8-4-6-10-23(21)25/h3-10,17-19,24-25H,11-16H2,1-2H3,(H,29,33)(H,30,34)(H,31,32)/t18?,19-,24-/m0/s1. The Bertz CT molecular complexity index is 1040. The van der Waals surface area contributed by atoms with Gasteiger partial charge in [-0.15, -0.1) is 0 Å². The Morgan fingerprint density at radius 1 is 1.00 bits per heavy atom. The van der Waals surface area contributed by atoms with Crippen molar-refractivity contribution in [3.05, 3.63) is 59.7 Å². The molecule has 7 nitrogen and oxygen atoms in total. The van der Waals surface area contributed by atoms with Crippen LogP contribution >= 0.6 is 0 Å². The molecular weight excluding hydrogens is 444 g/mol. The minimum atomic E-state index is -0.846. The van der Waals surface area contributed by atoms with Gasteiger partial charge >= 0.3 is 12.1 Å². The second-order valence-electron chi connectivity index (χ2n) is 10.1. The Balaban J connectivity index is 1.20. The lowest BCUT2D eigenvalue weighted by Crippen LogP contribution is -2.33. The smallest absolute Gasteiger partial charge is 0.407 e. The summed E-state index contributed by atoms with van der Waals surface area (Å²) in [5.41, 5.74) is 4.70. The highest BCUT2D eigenvalue weighted by Crippen LogP contribution is 2.44. The lowest BCUT2D eigenvalue weighted by Gasteiger charge is -2.18. The predicted octanol–water partition coefficient (Wildman–Crippen LogP) is 4.41. The van der Waals surface area contributed by atoms with Gasteiger partial charge in [0.1, 0.15) is 6.61 Å². The number of hydrogen-bond donors (Lipinski definition) is 3.